The molecule has 12 nitrogen and oxygen atoms in total. The first-order valence-electron chi connectivity index (χ1n) is 19.1. The summed E-state index contributed by atoms with van der Waals surface area (Å²) in [5.41, 5.74) is 3.93. The molecule has 1 unspecified atom stereocenters. The minimum Gasteiger partial charge on any atom is -0.506 e. The van der Waals surface area contributed by atoms with Crippen molar-refractivity contribution in [1.82, 2.24) is 5.32 Å². The Hall–Kier alpha value is -8.64. The maximum Gasteiger partial charge on any atom is 0.205 e. The quantitative estimate of drug-likeness (QED) is 0.0451. The predicted octanol–water partition coefficient (Wildman–Crippen LogP) is 9.48. The number of hydrogen-bond donors (Lipinski definition) is 10. The molecule has 0 saturated carbocycles. The summed E-state index contributed by atoms with van der Waals surface area (Å²) >= 11 is 0. The summed E-state index contributed by atoms with van der Waals surface area (Å²) < 4.78 is 0. The van der Waals surface area contributed by atoms with E-state index >= 15 is 0 Å². The molecule has 9 aromatic carbocycles. The predicted molar refractivity (Wildman–Crippen MR) is 234 cm³/mol. The number of benzene rings is 9. The van der Waals surface area contributed by atoms with Gasteiger partial charge in [-0.25, -0.2) is 9.98 Å². The molecule has 9 aromatic rings. The van der Waals surface area contributed by atoms with Gasteiger partial charge in [0.15, 0.2) is 29.2 Å². The van der Waals surface area contributed by atoms with Crippen LogP contribution in [0.4, 0.5) is 0 Å². The standard InChI is InChI=1S/C49H33N3O9/c53-38-33(34-35(40(55)44(59)43(58)39(34)54)36-37(38)42(57)46(61)45(60)41(36)56)26-14-6-16-28(22-26)48-50-47(51-49(52-48)32-20-8-12-24-10-2-4-18-30(24)32)27-15-5-13-25(21-27)31-19-7-11-23-9-1-3-17-29(23)31/h1-22,48,53-61H,(H,50,51,52). The fourth-order valence-electron chi connectivity index (χ4n) is 8.36. The molecule has 12 heteroatoms. The second-order valence-electron chi connectivity index (χ2n) is 14.7. The van der Waals surface area contributed by atoms with Crippen molar-refractivity contribution in [1.29, 1.82) is 0 Å². The number of aliphatic imine (C=N–C) groups is 2. The van der Waals surface area contributed by atoms with Gasteiger partial charge in [-0.15, -0.1) is 0 Å². The lowest BCUT2D eigenvalue weighted by molar-refractivity contribution is 0.348. The highest BCUT2D eigenvalue weighted by Gasteiger charge is 2.32. The maximum absolute atomic E-state index is 11.9. The number of phenolic OH excluding ortho intramolecular Hbond substituents is 9. The van der Waals surface area contributed by atoms with Gasteiger partial charge in [0.2, 0.25) is 23.0 Å². The van der Waals surface area contributed by atoms with Crippen LogP contribution in [0.25, 0.3) is 65.3 Å². The van der Waals surface area contributed by atoms with E-state index in [1.165, 1.54) is 6.07 Å². The first-order chi connectivity index (χ1) is 29.5. The molecule has 0 spiro atoms. The van der Waals surface area contributed by atoms with Crippen molar-refractivity contribution < 1.29 is 46.0 Å². The van der Waals surface area contributed by atoms with Gasteiger partial charge in [-0.1, -0.05) is 121 Å². The van der Waals surface area contributed by atoms with E-state index in [1.807, 2.05) is 78.9 Å². The molecular weight excluding hydrogens is 775 g/mol. The van der Waals surface area contributed by atoms with Crippen LogP contribution in [0.15, 0.2) is 143 Å². The zero-order valence-corrected chi connectivity index (χ0v) is 31.7. The number of aromatic hydroxyl groups is 9. The summed E-state index contributed by atoms with van der Waals surface area (Å²) in [5, 5.41) is 104. The smallest absolute Gasteiger partial charge is 0.205 e. The van der Waals surface area contributed by atoms with Gasteiger partial charge in [-0.2, -0.15) is 0 Å². The zero-order chi connectivity index (χ0) is 42.3. The van der Waals surface area contributed by atoms with E-state index in [0.29, 0.717) is 17.2 Å². The summed E-state index contributed by atoms with van der Waals surface area (Å²) in [4.78, 5) is 10.2. The fraction of sp³-hybridized carbons (Fsp3) is 0.0204. The van der Waals surface area contributed by atoms with Crippen molar-refractivity contribution in [3.63, 3.8) is 0 Å². The largest absolute Gasteiger partial charge is 0.506 e. The minimum atomic E-state index is -1.20. The molecule has 0 amide bonds. The number of nitrogens with zero attached hydrogens (tertiary/aromatic N) is 2. The van der Waals surface area contributed by atoms with Crippen molar-refractivity contribution in [2.24, 2.45) is 9.98 Å². The van der Waals surface area contributed by atoms with Gasteiger partial charge < -0.3 is 51.3 Å². The average molecular weight is 808 g/mol. The van der Waals surface area contributed by atoms with E-state index < -0.39 is 79.5 Å². The van der Waals surface area contributed by atoms with Gasteiger partial charge in [0.25, 0.3) is 0 Å². The third-order valence-corrected chi connectivity index (χ3v) is 11.3. The first kappa shape index (κ1) is 36.7. The normalized spacial score (nSPS) is 14.0. The lowest BCUT2D eigenvalue weighted by Gasteiger charge is -2.24. The number of phenols is 9. The molecule has 0 fully saturated rings. The number of nitrogens with one attached hydrogen (secondary N) is 1. The highest BCUT2D eigenvalue weighted by molar-refractivity contribution is 6.26. The summed E-state index contributed by atoms with van der Waals surface area (Å²) in [6, 6.07) is 42.7. The molecule has 0 radical (unpaired) electrons. The Morgan fingerprint density at radius 2 is 0.836 bits per heavy atom. The van der Waals surface area contributed by atoms with Crippen LogP contribution >= 0.6 is 0 Å². The van der Waals surface area contributed by atoms with E-state index in [0.717, 1.165) is 43.8 Å². The highest BCUT2D eigenvalue weighted by Crippen LogP contribution is 2.62. The third-order valence-electron chi connectivity index (χ3n) is 11.3. The van der Waals surface area contributed by atoms with Gasteiger partial charge in [-0.05, 0) is 55.9 Å². The number of fused-ring (bicyclic) bond motifs is 5. The van der Waals surface area contributed by atoms with Crippen LogP contribution in [-0.2, 0) is 0 Å². The van der Waals surface area contributed by atoms with Gasteiger partial charge in [0.05, 0.1) is 5.39 Å². The Kier molecular flexibility index (Phi) is 8.26. The van der Waals surface area contributed by atoms with E-state index in [9.17, 15) is 46.0 Å². The highest BCUT2D eigenvalue weighted by atomic mass is 16.4. The molecule has 0 saturated heterocycles. The average Bonchev–Trinajstić information content (AvgIpc) is 3.30. The van der Waals surface area contributed by atoms with Crippen LogP contribution in [-0.4, -0.2) is 57.6 Å². The second-order valence-corrected chi connectivity index (χ2v) is 14.7. The molecule has 298 valence electrons. The monoisotopic (exact) mass is 807 g/mol. The molecule has 1 heterocycles. The number of hydrogen-bond acceptors (Lipinski definition) is 12. The fourth-order valence-corrected chi connectivity index (χ4v) is 8.36. The van der Waals surface area contributed by atoms with E-state index in [4.69, 9.17) is 9.98 Å². The Morgan fingerprint density at radius 1 is 0.361 bits per heavy atom. The molecular formula is C49H33N3O9. The van der Waals surface area contributed by atoms with Crippen molar-refractivity contribution in [3.05, 3.63) is 150 Å². The summed E-state index contributed by atoms with van der Waals surface area (Å²) in [6.07, 6.45) is -0.918. The molecule has 1 atom stereocenters. The van der Waals surface area contributed by atoms with Crippen molar-refractivity contribution in [2.45, 2.75) is 6.17 Å². The minimum absolute atomic E-state index is 0.142. The van der Waals surface area contributed by atoms with Crippen LogP contribution in [0, 0.1) is 0 Å². The topological polar surface area (TPSA) is 219 Å². The van der Waals surface area contributed by atoms with E-state index in [1.54, 1.807) is 18.2 Å². The van der Waals surface area contributed by atoms with E-state index in [-0.39, 0.29) is 11.1 Å². The van der Waals surface area contributed by atoms with Gasteiger partial charge in [-0.3, -0.25) is 0 Å². The maximum atomic E-state index is 11.9. The van der Waals surface area contributed by atoms with Crippen LogP contribution in [0.3, 0.4) is 0 Å². The van der Waals surface area contributed by atoms with Crippen LogP contribution in [0.2, 0.25) is 0 Å². The van der Waals surface area contributed by atoms with Crippen LogP contribution in [0.5, 0.6) is 51.7 Å². The molecule has 0 aromatic heterocycles. The number of rotatable bonds is 5. The Labute approximate surface area is 345 Å². The Morgan fingerprint density at radius 3 is 1.51 bits per heavy atom. The summed E-state index contributed by atoms with van der Waals surface area (Å²) in [7, 11) is 0. The molecule has 1 aliphatic rings. The molecule has 1 aliphatic heterocycles. The SMILES string of the molecule is Oc1c(O)c(O)c2c(c1O)c(O)c(-c1cccc(C3N=C(c4cccc(-c5cccc6ccccc56)c4)NC(c4cccc5ccccc45)=N3)c1)c1c(O)c(O)c(O)c(O)c12. The summed E-state index contributed by atoms with van der Waals surface area (Å²) in [6.45, 7) is 0. The number of amidine groups is 2. The molecule has 0 bridgehead atoms. The van der Waals surface area contributed by atoms with Gasteiger partial charge in [0.1, 0.15) is 17.4 Å². The third kappa shape index (κ3) is 5.61. The Balaban J connectivity index is 1.20. The summed E-state index contributed by atoms with van der Waals surface area (Å²) in [5.74, 6) is -8.72. The lowest BCUT2D eigenvalue weighted by Crippen LogP contribution is -2.36. The molecule has 0 aliphatic carbocycles. The van der Waals surface area contributed by atoms with Crippen LogP contribution < -0.4 is 5.32 Å². The molecule has 61 heavy (non-hydrogen) atoms. The zero-order valence-electron chi connectivity index (χ0n) is 31.7. The van der Waals surface area contributed by atoms with Gasteiger partial charge in [0, 0.05) is 32.8 Å². The molecule has 10 N–H and O–H groups in total. The van der Waals surface area contributed by atoms with Crippen LogP contribution in [0.1, 0.15) is 22.9 Å². The van der Waals surface area contributed by atoms with Crippen molar-refractivity contribution >= 4 is 54.8 Å². The second kappa shape index (κ2) is 13.7. The van der Waals surface area contributed by atoms with Crippen molar-refractivity contribution in [2.75, 3.05) is 0 Å². The lowest BCUT2D eigenvalue weighted by atomic mass is 9.88. The van der Waals surface area contributed by atoms with Gasteiger partial charge >= 0.3 is 0 Å². The Bertz CT molecular complexity index is 3410. The first-order valence-corrected chi connectivity index (χ1v) is 19.1. The van der Waals surface area contributed by atoms with Crippen molar-refractivity contribution in [3.8, 4) is 74.0 Å². The molecule has 10 rings (SSSR count). The van der Waals surface area contributed by atoms with E-state index in [2.05, 4.69) is 35.6 Å².